The van der Waals surface area contributed by atoms with Crippen molar-refractivity contribution in [3.8, 4) is 5.75 Å². The Labute approximate surface area is 145 Å². The molecule has 0 aliphatic carbocycles. The van der Waals surface area contributed by atoms with E-state index in [1.165, 1.54) is 0 Å². The maximum absolute atomic E-state index is 12.2. The fourth-order valence-corrected chi connectivity index (χ4v) is 2.31. The third kappa shape index (κ3) is 4.65. The van der Waals surface area contributed by atoms with Gasteiger partial charge in [0, 0.05) is 29.7 Å². The summed E-state index contributed by atoms with van der Waals surface area (Å²) in [5.74, 6) is 0.131. The van der Waals surface area contributed by atoms with Crippen LogP contribution in [0.15, 0.2) is 79.1 Å². The van der Waals surface area contributed by atoms with Crippen LogP contribution in [0.2, 0.25) is 0 Å². The van der Waals surface area contributed by atoms with Crippen molar-refractivity contribution in [2.24, 2.45) is 0 Å². The van der Waals surface area contributed by atoms with E-state index in [1.807, 2.05) is 18.2 Å². The van der Waals surface area contributed by atoms with E-state index in [4.69, 9.17) is 4.74 Å². The molecule has 0 aliphatic heterocycles. The molecule has 3 aromatic rings. The van der Waals surface area contributed by atoms with Crippen molar-refractivity contribution < 1.29 is 14.6 Å². The predicted octanol–water partition coefficient (Wildman–Crippen LogP) is 3.33. The molecule has 1 heterocycles. The molecule has 25 heavy (non-hydrogen) atoms. The average Bonchev–Trinajstić information content (AvgIpc) is 2.67. The van der Waals surface area contributed by atoms with Gasteiger partial charge in [-0.25, -0.2) is 0 Å². The second kappa shape index (κ2) is 8.08. The highest BCUT2D eigenvalue weighted by atomic mass is 16.5. The quantitative estimate of drug-likeness (QED) is 0.725. The van der Waals surface area contributed by atoms with Crippen LogP contribution in [-0.2, 0) is 11.4 Å². The monoisotopic (exact) mass is 334 g/mol. The molecule has 0 radical (unpaired) electrons. The van der Waals surface area contributed by atoms with Crippen molar-refractivity contribution in [1.82, 2.24) is 4.98 Å². The van der Waals surface area contributed by atoms with Crippen LogP contribution in [0.25, 0.3) is 0 Å². The Bertz CT molecular complexity index is 823. The first kappa shape index (κ1) is 16.7. The number of nitrogens with zero attached hydrogens (tertiary/aromatic N) is 1. The molecule has 1 unspecified atom stereocenters. The van der Waals surface area contributed by atoms with E-state index in [0.717, 1.165) is 5.56 Å². The second-order valence-electron chi connectivity index (χ2n) is 5.48. The number of rotatable bonds is 6. The fourth-order valence-electron chi connectivity index (χ4n) is 2.31. The van der Waals surface area contributed by atoms with Crippen molar-refractivity contribution in [2.45, 2.75) is 12.7 Å². The number of nitrogens with one attached hydrogen (secondary N) is 1. The van der Waals surface area contributed by atoms with E-state index >= 15 is 0 Å². The molecule has 0 fully saturated rings. The van der Waals surface area contributed by atoms with Gasteiger partial charge < -0.3 is 15.2 Å². The minimum Gasteiger partial charge on any atom is -0.489 e. The van der Waals surface area contributed by atoms with Crippen molar-refractivity contribution >= 4 is 11.6 Å². The Hall–Kier alpha value is -3.18. The summed E-state index contributed by atoms with van der Waals surface area (Å²) >= 11 is 0. The number of aromatic nitrogens is 1. The topological polar surface area (TPSA) is 71.5 Å². The molecule has 126 valence electrons. The number of aliphatic hydroxyl groups is 1. The predicted molar refractivity (Wildman–Crippen MR) is 95.0 cm³/mol. The van der Waals surface area contributed by atoms with Gasteiger partial charge >= 0.3 is 0 Å². The normalized spacial score (nSPS) is 11.6. The summed E-state index contributed by atoms with van der Waals surface area (Å²) in [5, 5.41) is 12.8. The van der Waals surface area contributed by atoms with Gasteiger partial charge in [-0.15, -0.1) is 0 Å². The van der Waals surface area contributed by atoms with Crippen LogP contribution >= 0.6 is 0 Å². The molecule has 0 spiro atoms. The van der Waals surface area contributed by atoms with E-state index in [2.05, 4.69) is 10.3 Å². The highest BCUT2D eigenvalue weighted by Crippen LogP contribution is 2.20. The lowest BCUT2D eigenvalue weighted by Gasteiger charge is -2.13. The van der Waals surface area contributed by atoms with E-state index in [-0.39, 0.29) is 0 Å². The lowest BCUT2D eigenvalue weighted by Crippen LogP contribution is -2.20. The minimum atomic E-state index is -1.22. The van der Waals surface area contributed by atoms with Crippen LogP contribution in [0, 0.1) is 0 Å². The zero-order valence-electron chi connectivity index (χ0n) is 13.5. The van der Waals surface area contributed by atoms with E-state index in [1.54, 1.807) is 60.9 Å². The molecule has 0 aliphatic rings. The molecule has 1 atom stereocenters. The lowest BCUT2D eigenvalue weighted by molar-refractivity contribution is -0.124. The first-order valence-corrected chi connectivity index (χ1v) is 7.88. The Kier molecular flexibility index (Phi) is 5.39. The third-order valence-electron chi connectivity index (χ3n) is 3.59. The molecule has 3 rings (SSSR count). The van der Waals surface area contributed by atoms with E-state index < -0.39 is 12.0 Å². The molecule has 1 amide bonds. The van der Waals surface area contributed by atoms with Gasteiger partial charge in [0.25, 0.3) is 5.91 Å². The van der Waals surface area contributed by atoms with E-state index in [9.17, 15) is 9.90 Å². The minimum absolute atomic E-state index is 0.387. The Morgan fingerprint density at radius 3 is 2.68 bits per heavy atom. The van der Waals surface area contributed by atoms with Gasteiger partial charge in [0.1, 0.15) is 12.4 Å². The van der Waals surface area contributed by atoms with Gasteiger partial charge in [0.05, 0.1) is 0 Å². The number of hydrogen-bond donors (Lipinski definition) is 2. The van der Waals surface area contributed by atoms with Crippen LogP contribution < -0.4 is 10.1 Å². The summed E-state index contributed by atoms with van der Waals surface area (Å²) in [5.41, 5.74) is 2.06. The zero-order valence-corrected chi connectivity index (χ0v) is 13.5. The summed E-state index contributed by atoms with van der Waals surface area (Å²) in [6.45, 7) is 0.387. The van der Waals surface area contributed by atoms with Crippen molar-refractivity contribution in [1.29, 1.82) is 0 Å². The molecule has 0 bridgehead atoms. The zero-order chi connectivity index (χ0) is 17.5. The smallest absolute Gasteiger partial charge is 0.257 e. The van der Waals surface area contributed by atoms with Crippen LogP contribution in [0.3, 0.4) is 0 Å². The Morgan fingerprint density at radius 2 is 1.92 bits per heavy atom. The summed E-state index contributed by atoms with van der Waals surface area (Å²) in [6, 6.07) is 19.6. The first-order chi connectivity index (χ1) is 12.2. The van der Waals surface area contributed by atoms with Gasteiger partial charge in [-0.05, 0) is 23.8 Å². The number of hydrogen-bond acceptors (Lipinski definition) is 4. The van der Waals surface area contributed by atoms with Gasteiger partial charge in [-0.2, -0.15) is 0 Å². The molecule has 5 nitrogen and oxygen atoms in total. The van der Waals surface area contributed by atoms with Crippen molar-refractivity contribution in [2.75, 3.05) is 5.32 Å². The number of pyridine rings is 1. The summed E-state index contributed by atoms with van der Waals surface area (Å²) in [6.07, 6.45) is 2.22. The highest BCUT2D eigenvalue weighted by Gasteiger charge is 2.17. The number of amides is 1. The maximum Gasteiger partial charge on any atom is 0.257 e. The highest BCUT2D eigenvalue weighted by molar-refractivity contribution is 5.94. The van der Waals surface area contributed by atoms with E-state index in [0.29, 0.717) is 23.6 Å². The van der Waals surface area contributed by atoms with Gasteiger partial charge in [0.2, 0.25) is 0 Å². The summed E-state index contributed by atoms with van der Waals surface area (Å²) in [4.78, 5) is 16.2. The number of carbonyl (C=O) groups excluding carboxylic acids is 1. The standard InChI is InChI=1S/C20H18N2O3/c23-19(16-7-2-1-3-8-16)20(24)22-17-9-4-10-18(12-17)25-14-15-6-5-11-21-13-15/h1-13,19,23H,14H2,(H,22,24). The number of anilines is 1. The Balaban J connectivity index is 1.62. The van der Waals surface area contributed by atoms with Crippen molar-refractivity contribution in [3.63, 3.8) is 0 Å². The van der Waals surface area contributed by atoms with Gasteiger partial charge in [-0.1, -0.05) is 42.5 Å². The molecule has 1 aromatic heterocycles. The first-order valence-electron chi connectivity index (χ1n) is 7.88. The van der Waals surface area contributed by atoms with Gasteiger partial charge in [0.15, 0.2) is 6.10 Å². The molecule has 5 heteroatoms. The molecular formula is C20H18N2O3. The second-order valence-corrected chi connectivity index (χ2v) is 5.48. The van der Waals surface area contributed by atoms with Crippen LogP contribution in [0.1, 0.15) is 17.2 Å². The molecule has 0 saturated carbocycles. The van der Waals surface area contributed by atoms with Crippen LogP contribution in [0.5, 0.6) is 5.75 Å². The molecule has 2 aromatic carbocycles. The largest absolute Gasteiger partial charge is 0.489 e. The van der Waals surface area contributed by atoms with Crippen LogP contribution in [-0.4, -0.2) is 16.0 Å². The number of carbonyl (C=O) groups is 1. The van der Waals surface area contributed by atoms with Crippen LogP contribution in [0.4, 0.5) is 5.69 Å². The SMILES string of the molecule is O=C(Nc1cccc(OCc2cccnc2)c1)C(O)c1ccccc1. The average molecular weight is 334 g/mol. The number of aliphatic hydroxyl groups excluding tert-OH is 1. The molecular weight excluding hydrogens is 316 g/mol. The van der Waals surface area contributed by atoms with Gasteiger partial charge in [-0.3, -0.25) is 9.78 Å². The number of benzene rings is 2. The lowest BCUT2D eigenvalue weighted by atomic mass is 10.1. The molecule has 2 N–H and O–H groups in total. The third-order valence-corrected chi connectivity index (χ3v) is 3.59. The fraction of sp³-hybridized carbons (Fsp3) is 0.100. The maximum atomic E-state index is 12.2. The number of ether oxygens (including phenoxy) is 1. The molecule has 0 saturated heterocycles. The summed E-state index contributed by atoms with van der Waals surface area (Å²) < 4.78 is 5.71. The van der Waals surface area contributed by atoms with Crippen molar-refractivity contribution in [3.05, 3.63) is 90.3 Å². The summed E-state index contributed by atoms with van der Waals surface area (Å²) in [7, 11) is 0. The Morgan fingerprint density at radius 1 is 1.08 bits per heavy atom.